The van der Waals surface area contributed by atoms with Crippen LogP contribution in [-0.2, 0) is 4.79 Å². The number of hydrogen-bond donors (Lipinski definition) is 1. The SMILES string of the molecule is CCN(CC(=O)O)C(=O)c1cccc([N+](=O)[O-])c1Cl. The predicted molar refractivity (Wildman–Crippen MR) is 67.3 cm³/mol. The Bertz CT molecular complexity index is 532. The number of rotatable bonds is 5. The van der Waals surface area contributed by atoms with Crippen molar-refractivity contribution in [2.45, 2.75) is 6.92 Å². The summed E-state index contributed by atoms with van der Waals surface area (Å²) in [6, 6.07) is 3.82. The van der Waals surface area contributed by atoms with Gasteiger partial charge in [-0.15, -0.1) is 0 Å². The molecule has 1 rings (SSSR count). The molecular formula is C11H11ClN2O5. The van der Waals surface area contributed by atoms with E-state index in [1.54, 1.807) is 6.92 Å². The summed E-state index contributed by atoms with van der Waals surface area (Å²) in [5.74, 6) is -1.82. The van der Waals surface area contributed by atoms with Crippen LogP contribution in [0.4, 0.5) is 5.69 Å². The van der Waals surface area contributed by atoms with Crippen molar-refractivity contribution >= 4 is 29.2 Å². The van der Waals surface area contributed by atoms with Gasteiger partial charge in [-0.05, 0) is 13.0 Å². The Morgan fingerprint density at radius 2 is 2.11 bits per heavy atom. The van der Waals surface area contributed by atoms with Crippen molar-refractivity contribution in [2.24, 2.45) is 0 Å². The molecule has 102 valence electrons. The molecule has 0 aliphatic carbocycles. The highest BCUT2D eigenvalue weighted by atomic mass is 35.5. The van der Waals surface area contributed by atoms with Crippen LogP contribution in [0.3, 0.4) is 0 Å². The number of aliphatic carboxylic acids is 1. The Balaban J connectivity index is 3.15. The highest BCUT2D eigenvalue weighted by Crippen LogP contribution is 2.28. The standard InChI is InChI=1S/C11H11ClN2O5/c1-2-13(6-9(15)16)11(17)7-4-3-5-8(10(7)12)14(18)19/h3-5H,2,6H2,1H3,(H,15,16). The molecular weight excluding hydrogens is 276 g/mol. The number of carbonyl (C=O) groups is 2. The third-order valence-corrected chi connectivity index (χ3v) is 2.80. The fraction of sp³-hybridized carbons (Fsp3) is 0.273. The summed E-state index contributed by atoms with van der Waals surface area (Å²) in [5.41, 5.74) is -0.474. The second-order valence-corrected chi connectivity index (χ2v) is 3.99. The van der Waals surface area contributed by atoms with Crippen LogP contribution in [0.5, 0.6) is 0 Å². The van der Waals surface area contributed by atoms with Crippen LogP contribution >= 0.6 is 11.6 Å². The van der Waals surface area contributed by atoms with Gasteiger partial charge >= 0.3 is 5.97 Å². The molecule has 19 heavy (non-hydrogen) atoms. The van der Waals surface area contributed by atoms with Crippen molar-refractivity contribution in [3.63, 3.8) is 0 Å². The van der Waals surface area contributed by atoms with E-state index in [0.29, 0.717) is 0 Å². The van der Waals surface area contributed by atoms with Crippen LogP contribution in [0.15, 0.2) is 18.2 Å². The average Bonchev–Trinajstić information content (AvgIpc) is 2.34. The molecule has 7 nitrogen and oxygen atoms in total. The minimum absolute atomic E-state index is 0.0843. The molecule has 0 spiro atoms. The van der Waals surface area contributed by atoms with E-state index in [1.807, 2.05) is 0 Å². The predicted octanol–water partition coefficient (Wildman–Crippen LogP) is 1.79. The molecule has 1 aromatic carbocycles. The summed E-state index contributed by atoms with van der Waals surface area (Å²) in [6.07, 6.45) is 0. The van der Waals surface area contributed by atoms with Gasteiger partial charge in [0.25, 0.3) is 11.6 Å². The number of hydrogen-bond acceptors (Lipinski definition) is 4. The lowest BCUT2D eigenvalue weighted by Gasteiger charge is -2.18. The number of carbonyl (C=O) groups excluding carboxylic acids is 1. The molecule has 1 amide bonds. The summed E-state index contributed by atoms with van der Waals surface area (Å²) < 4.78 is 0. The average molecular weight is 287 g/mol. The summed E-state index contributed by atoms with van der Waals surface area (Å²) in [5, 5.41) is 19.1. The second-order valence-electron chi connectivity index (χ2n) is 3.61. The first-order valence-corrected chi connectivity index (χ1v) is 5.70. The first kappa shape index (κ1) is 14.9. The molecule has 8 heteroatoms. The molecule has 0 fully saturated rings. The Kier molecular flexibility index (Phi) is 4.82. The molecule has 0 bridgehead atoms. The minimum Gasteiger partial charge on any atom is -0.480 e. The van der Waals surface area contributed by atoms with Gasteiger partial charge in [0.15, 0.2) is 0 Å². The van der Waals surface area contributed by atoms with Crippen molar-refractivity contribution in [3.8, 4) is 0 Å². The van der Waals surface area contributed by atoms with Crippen LogP contribution < -0.4 is 0 Å². The first-order valence-electron chi connectivity index (χ1n) is 5.32. The van der Waals surface area contributed by atoms with Crippen LogP contribution in [0.1, 0.15) is 17.3 Å². The molecule has 0 unspecified atom stereocenters. The number of benzene rings is 1. The van der Waals surface area contributed by atoms with Crippen molar-refractivity contribution in [1.29, 1.82) is 0 Å². The normalized spacial score (nSPS) is 10.0. The number of carboxylic acid groups (broad SMARTS) is 1. The van der Waals surface area contributed by atoms with Gasteiger partial charge in [-0.1, -0.05) is 17.7 Å². The van der Waals surface area contributed by atoms with Crippen LogP contribution in [0.2, 0.25) is 5.02 Å². The molecule has 1 N–H and O–H groups in total. The van der Waals surface area contributed by atoms with E-state index in [9.17, 15) is 19.7 Å². The molecule has 1 aromatic rings. The maximum atomic E-state index is 12.1. The van der Waals surface area contributed by atoms with Crippen molar-refractivity contribution in [3.05, 3.63) is 38.9 Å². The van der Waals surface area contributed by atoms with Crippen LogP contribution in [0.25, 0.3) is 0 Å². The van der Waals surface area contributed by atoms with Gasteiger partial charge in [0.05, 0.1) is 10.5 Å². The zero-order valence-corrected chi connectivity index (χ0v) is 10.8. The zero-order chi connectivity index (χ0) is 14.6. The fourth-order valence-corrected chi connectivity index (χ4v) is 1.76. The Morgan fingerprint density at radius 3 is 2.58 bits per heavy atom. The number of likely N-dealkylation sites (N-methyl/N-ethyl adjacent to an activating group) is 1. The molecule has 0 aliphatic rings. The number of halogens is 1. The van der Waals surface area contributed by atoms with Gasteiger partial charge in [0, 0.05) is 12.6 Å². The van der Waals surface area contributed by atoms with Crippen molar-refractivity contribution < 1.29 is 19.6 Å². The smallest absolute Gasteiger partial charge is 0.323 e. The van der Waals surface area contributed by atoms with E-state index in [-0.39, 0.29) is 22.8 Å². The summed E-state index contributed by atoms with van der Waals surface area (Å²) in [4.78, 5) is 33.7. The molecule has 0 saturated heterocycles. The number of nitro benzene ring substituents is 1. The maximum Gasteiger partial charge on any atom is 0.323 e. The van der Waals surface area contributed by atoms with E-state index in [1.165, 1.54) is 18.2 Å². The summed E-state index contributed by atoms with van der Waals surface area (Å²) >= 11 is 5.80. The van der Waals surface area contributed by atoms with E-state index in [0.717, 1.165) is 4.90 Å². The van der Waals surface area contributed by atoms with Gasteiger partial charge in [0.1, 0.15) is 11.6 Å². The number of nitro groups is 1. The van der Waals surface area contributed by atoms with Crippen molar-refractivity contribution in [2.75, 3.05) is 13.1 Å². The maximum absolute atomic E-state index is 12.1. The van der Waals surface area contributed by atoms with E-state index >= 15 is 0 Å². The van der Waals surface area contributed by atoms with Gasteiger partial charge in [-0.2, -0.15) is 0 Å². The Morgan fingerprint density at radius 1 is 1.47 bits per heavy atom. The lowest BCUT2D eigenvalue weighted by Crippen LogP contribution is -2.35. The fourth-order valence-electron chi connectivity index (χ4n) is 1.49. The third kappa shape index (κ3) is 3.41. The zero-order valence-electron chi connectivity index (χ0n) is 10.00. The van der Waals surface area contributed by atoms with Gasteiger partial charge in [-0.3, -0.25) is 19.7 Å². The molecule has 0 aromatic heterocycles. The molecule has 0 aliphatic heterocycles. The third-order valence-electron chi connectivity index (χ3n) is 2.40. The van der Waals surface area contributed by atoms with Gasteiger partial charge in [0.2, 0.25) is 0 Å². The second kappa shape index (κ2) is 6.14. The number of carboxylic acids is 1. The van der Waals surface area contributed by atoms with Gasteiger partial charge < -0.3 is 10.0 Å². The lowest BCUT2D eigenvalue weighted by atomic mass is 10.1. The summed E-state index contributed by atoms with van der Waals surface area (Å²) in [7, 11) is 0. The number of nitrogens with zero attached hydrogens (tertiary/aromatic N) is 2. The molecule has 0 saturated carbocycles. The molecule has 0 radical (unpaired) electrons. The minimum atomic E-state index is -1.17. The van der Waals surface area contributed by atoms with Crippen molar-refractivity contribution in [1.82, 2.24) is 4.90 Å². The van der Waals surface area contributed by atoms with E-state index < -0.39 is 23.3 Å². The summed E-state index contributed by atoms with van der Waals surface area (Å²) in [6.45, 7) is 1.27. The molecule has 0 atom stereocenters. The largest absolute Gasteiger partial charge is 0.480 e. The van der Waals surface area contributed by atoms with E-state index in [2.05, 4.69) is 0 Å². The first-order chi connectivity index (χ1) is 8.88. The Labute approximate surface area is 113 Å². The quantitative estimate of drug-likeness (QED) is 0.657. The van der Waals surface area contributed by atoms with Gasteiger partial charge in [-0.25, -0.2) is 0 Å². The van der Waals surface area contributed by atoms with E-state index in [4.69, 9.17) is 16.7 Å². The highest BCUT2D eigenvalue weighted by molar-refractivity contribution is 6.35. The number of amides is 1. The van der Waals surface area contributed by atoms with Crippen LogP contribution in [-0.4, -0.2) is 39.9 Å². The highest BCUT2D eigenvalue weighted by Gasteiger charge is 2.24. The molecule has 0 heterocycles. The Hall–Kier alpha value is -2.15. The topological polar surface area (TPSA) is 101 Å². The monoisotopic (exact) mass is 286 g/mol. The lowest BCUT2D eigenvalue weighted by molar-refractivity contribution is -0.384. The van der Waals surface area contributed by atoms with Crippen LogP contribution in [0, 0.1) is 10.1 Å².